The minimum Gasteiger partial charge on any atom is -0.439 e. The third-order valence-electron chi connectivity index (χ3n) is 5.22. The molecule has 28 heavy (non-hydrogen) atoms. The summed E-state index contributed by atoms with van der Waals surface area (Å²) in [6.45, 7) is 0. The van der Waals surface area contributed by atoms with Gasteiger partial charge >= 0.3 is 0 Å². The second-order valence-electron chi connectivity index (χ2n) is 6.74. The van der Waals surface area contributed by atoms with Crippen LogP contribution in [0.4, 0.5) is 0 Å². The van der Waals surface area contributed by atoms with Gasteiger partial charge in [0.1, 0.15) is 17.4 Å². The van der Waals surface area contributed by atoms with Gasteiger partial charge in [0, 0.05) is 5.39 Å². The van der Waals surface area contributed by atoms with E-state index in [0.717, 1.165) is 21.7 Å². The molecule has 3 aromatic carbocycles. The molecule has 0 bridgehead atoms. The number of fused-ring (bicyclic) bond motifs is 4. The summed E-state index contributed by atoms with van der Waals surface area (Å²) in [6, 6.07) is 23.3. The van der Waals surface area contributed by atoms with Crippen LogP contribution in [0.3, 0.4) is 0 Å². The molecule has 0 aliphatic carbocycles. The smallest absolute Gasteiger partial charge is 0.256 e. The summed E-state index contributed by atoms with van der Waals surface area (Å²) < 4.78 is 5.81. The third kappa shape index (κ3) is 2.22. The lowest BCUT2D eigenvalue weighted by Gasteiger charge is -2.27. The molecular weight excluding hydrogens is 350 g/mol. The number of aromatic nitrogens is 1. The maximum absolute atomic E-state index is 13.1. The second-order valence-corrected chi connectivity index (χ2v) is 6.74. The van der Waals surface area contributed by atoms with E-state index in [-0.39, 0.29) is 17.0 Å². The van der Waals surface area contributed by atoms with Gasteiger partial charge in [0.05, 0.1) is 17.0 Å². The van der Waals surface area contributed by atoms with E-state index in [9.17, 15) is 10.1 Å². The van der Waals surface area contributed by atoms with Crippen molar-refractivity contribution in [2.75, 3.05) is 0 Å². The number of nitrogens with zero attached hydrogens (tertiary/aromatic N) is 1. The minimum absolute atomic E-state index is 0.0312. The van der Waals surface area contributed by atoms with Gasteiger partial charge in [0.25, 0.3) is 5.56 Å². The Morgan fingerprint density at radius 1 is 0.964 bits per heavy atom. The van der Waals surface area contributed by atoms with Crippen molar-refractivity contribution in [2.24, 2.45) is 5.73 Å². The number of rotatable bonds is 1. The monoisotopic (exact) mass is 365 g/mol. The number of para-hydroxylation sites is 1. The number of nitrogens with one attached hydrogen (secondary N) is 1. The molecule has 0 radical (unpaired) electrons. The molecule has 1 aromatic heterocycles. The predicted molar refractivity (Wildman–Crippen MR) is 108 cm³/mol. The number of pyridine rings is 1. The molecule has 0 unspecified atom stereocenters. The average Bonchev–Trinajstić information content (AvgIpc) is 2.72. The van der Waals surface area contributed by atoms with E-state index in [4.69, 9.17) is 10.5 Å². The number of H-pyrrole nitrogens is 1. The van der Waals surface area contributed by atoms with Crippen LogP contribution < -0.4 is 16.0 Å². The quantitative estimate of drug-likeness (QED) is 0.535. The molecule has 1 aliphatic heterocycles. The normalized spacial score (nSPS) is 15.9. The van der Waals surface area contributed by atoms with Crippen LogP contribution in [0.5, 0.6) is 5.75 Å². The van der Waals surface area contributed by atoms with Crippen molar-refractivity contribution in [3.63, 3.8) is 0 Å². The predicted octanol–water partition coefficient (Wildman–Crippen LogP) is 3.90. The molecule has 2 heterocycles. The molecule has 5 heteroatoms. The fourth-order valence-corrected chi connectivity index (χ4v) is 3.98. The van der Waals surface area contributed by atoms with E-state index in [0.29, 0.717) is 16.8 Å². The van der Waals surface area contributed by atoms with Gasteiger partial charge in [-0.05, 0) is 28.5 Å². The van der Waals surface area contributed by atoms with E-state index in [2.05, 4.69) is 11.1 Å². The maximum atomic E-state index is 13.1. The number of aromatic amines is 1. The number of nitrogens with two attached hydrogens (primary N) is 1. The first-order valence-corrected chi connectivity index (χ1v) is 8.89. The lowest BCUT2D eigenvalue weighted by atomic mass is 9.81. The summed E-state index contributed by atoms with van der Waals surface area (Å²) in [5.41, 5.74) is 8.01. The van der Waals surface area contributed by atoms with E-state index in [1.807, 2.05) is 66.7 Å². The highest BCUT2D eigenvalue weighted by atomic mass is 16.5. The molecule has 0 amide bonds. The number of benzene rings is 3. The van der Waals surface area contributed by atoms with Crippen molar-refractivity contribution in [1.29, 1.82) is 5.26 Å². The number of ether oxygens (including phenoxy) is 1. The van der Waals surface area contributed by atoms with Crippen LogP contribution in [0, 0.1) is 11.3 Å². The Bertz CT molecular complexity index is 1390. The largest absolute Gasteiger partial charge is 0.439 e. The third-order valence-corrected chi connectivity index (χ3v) is 5.22. The molecule has 5 nitrogen and oxygen atoms in total. The van der Waals surface area contributed by atoms with Crippen LogP contribution in [0.15, 0.2) is 83.0 Å². The van der Waals surface area contributed by atoms with Crippen molar-refractivity contribution >= 4 is 21.7 Å². The molecule has 4 aromatic rings. The fraction of sp³-hybridized carbons (Fsp3) is 0.0435. The zero-order valence-corrected chi connectivity index (χ0v) is 14.8. The summed E-state index contributed by atoms with van der Waals surface area (Å²) >= 11 is 0. The Kier molecular flexibility index (Phi) is 3.46. The lowest BCUT2D eigenvalue weighted by molar-refractivity contribution is 0.397. The Morgan fingerprint density at radius 3 is 2.50 bits per heavy atom. The topological polar surface area (TPSA) is 91.9 Å². The first kappa shape index (κ1) is 16.2. The molecule has 5 rings (SSSR count). The highest BCUT2D eigenvalue weighted by Crippen LogP contribution is 2.44. The zero-order chi connectivity index (χ0) is 19.3. The number of hydrogen-bond acceptors (Lipinski definition) is 4. The minimum atomic E-state index is -0.604. The highest BCUT2D eigenvalue weighted by Gasteiger charge is 2.35. The molecule has 3 N–H and O–H groups in total. The molecule has 0 saturated carbocycles. The second kappa shape index (κ2) is 6.00. The van der Waals surface area contributed by atoms with Crippen LogP contribution >= 0.6 is 0 Å². The summed E-state index contributed by atoms with van der Waals surface area (Å²) in [6.07, 6.45) is 0. The maximum Gasteiger partial charge on any atom is 0.256 e. The number of hydrogen-bond donors (Lipinski definition) is 2. The van der Waals surface area contributed by atoms with Crippen molar-refractivity contribution in [1.82, 2.24) is 4.98 Å². The Labute approximate surface area is 160 Å². The van der Waals surface area contributed by atoms with Gasteiger partial charge in [-0.3, -0.25) is 4.79 Å². The highest BCUT2D eigenvalue weighted by molar-refractivity contribution is 5.90. The molecule has 1 atom stereocenters. The van der Waals surface area contributed by atoms with E-state index in [1.54, 1.807) is 0 Å². The van der Waals surface area contributed by atoms with E-state index < -0.39 is 5.92 Å². The van der Waals surface area contributed by atoms with Gasteiger partial charge in [-0.1, -0.05) is 54.6 Å². The van der Waals surface area contributed by atoms with Crippen molar-refractivity contribution in [3.05, 3.63) is 99.7 Å². The lowest BCUT2D eigenvalue weighted by Crippen LogP contribution is -2.28. The van der Waals surface area contributed by atoms with Gasteiger partial charge in [-0.2, -0.15) is 5.26 Å². The van der Waals surface area contributed by atoms with Crippen LogP contribution in [-0.4, -0.2) is 4.98 Å². The first-order valence-electron chi connectivity index (χ1n) is 8.89. The molecule has 0 spiro atoms. The molecular formula is C23H15N3O2. The van der Waals surface area contributed by atoms with Crippen molar-refractivity contribution in [2.45, 2.75) is 5.92 Å². The van der Waals surface area contributed by atoms with Crippen LogP contribution in [0.2, 0.25) is 0 Å². The number of nitriles is 1. The summed E-state index contributed by atoms with van der Waals surface area (Å²) in [5, 5.41) is 12.6. The SMILES string of the molecule is N#CC1=C(N)Oc2c(c(=O)[nH]c3ccccc23)[C@@H]1c1cccc2ccccc12. The van der Waals surface area contributed by atoms with Crippen LogP contribution in [-0.2, 0) is 0 Å². The Hall–Kier alpha value is -4.04. The average molecular weight is 365 g/mol. The van der Waals surface area contributed by atoms with Gasteiger partial charge in [-0.15, -0.1) is 0 Å². The van der Waals surface area contributed by atoms with E-state index >= 15 is 0 Å². The van der Waals surface area contributed by atoms with E-state index in [1.165, 1.54) is 0 Å². The zero-order valence-electron chi connectivity index (χ0n) is 14.8. The molecule has 134 valence electrons. The molecule has 0 saturated heterocycles. The van der Waals surface area contributed by atoms with Gasteiger partial charge in [0.15, 0.2) is 0 Å². The Morgan fingerprint density at radius 2 is 1.68 bits per heavy atom. The standard InChI is InChI=1S/C23H15N3O2/c24-12-17-19(15-10-5-7-13-6-1-2-8-14(13)15)20-21(28-22(17)25)16-9-3-4-11-18(16)26-23(20)27/h1-11,19H,25H2,(H,26,27)/t19-/m1/s1. The number of allylic oxidation sites excluding steroid dienone is 1. The summed E-state index contributed by atoms with van der Waals surface area (Å²) in [4.78, 5) is 16.0. The Balaban J connectivity index is 1.92. The van der Waals surface area contributed by atoms with Gasteiger partial charge in [0.2, 0.25) is 5.88 Å². The van der Waals surface area contributed by atoms with Crippen LogP contribution in [0.25, 0.3) is 21.7 Å². The molecule has 1 aliphatic rings. The first-order chi connectivity index (χ1) is 13.7. The van der Waals surface area contributed by atoms with Crippen molar-refractivity contribution < 1.29 is 4.74 Å². The fourth-order valence-electron chi connectivity index (χ4n) is 3.98. The van der Waals surface area contributed by atoms with Crippen molar-refractivity contribution in [3.8, 4) is 11.8 Å². The van der Waals surface area contributed by atoms with Gasteiger partial charge in [-0.25, -0.2) is 0 Å². The summed E-state index contributed by atoms with van der Waals surface area (Å²) in [5.74, 6) is -0.161. The summed E-state index contributed by atoms with van der Waals surface area (Å²) in [7, 11) is 0. The molecule has 0 fully saturated rings. The van der Waals surface area contributed by atoms with Gasteiger partial charge < -0.3 is 15.5 Å². The van der Waals surface area contributed by atoms with Crippen LogP contribution in [0.1, 0.15) is 17.0 Å².